The normalized spacial score (nSPS) is 10.8. The average Bonchev–Trinajstić information content (AvgIpc) is 2.35. The number of hydrogen-bond acceptors (Lipinski definition) is 2. The number of rotatable bonds is 3. The molecule has 1 aromatic carbocycles. The molecule has 88 valence electrons. The minimum Gasteiger partial charge on any atom is -0.350 e. The summed E-state index contributed by atoms with van der Waals surface area (Å²) in [5, 5.41) is 3.98. The first kappa shape index (κ1) is 11.6. The van der Waals surface area contributed by atoms with Crippen molar-refractivity contribution in [1.29, 1.82) is 0 Å². The summed E-state index contributed by atoms with van der Waals surface area (Å²) in [6, 6.07) is 11.9. The van der Waals surface area contributed by atoms with Gasteiger partial charge in [-0.25, -0.2) is 0 Å². The molecule has 0 fully saturated rings. The molecule has 0 aliphatic rings. The smallest absolute Gasteiger partial charge is 0.222 e. The first-order valence-corrected chi connectivity index (χ1v) is 5.79. The summed E-state index contributed by atoms with van der Waals surface area (Å²) in [7, 11) is 0. The largest absolute Gasteiger partial charge is 0.350 e. The van der Waals surface area contributed by atoms with E-state index in [4.69, 9.17) is 0 Å². The highest BCUT2D eigenvalue weighted by Gasteiger charge is 2.06. The summed E-state index contributed by atoms with van der Waals surface area (Å²) >= 11 is 0. The fourth-order valence-electron chi connectivity index (χ4n) is 1.59. The SMILES string of the molecule is CC(C)C(=O)NCc1ccc2ccccc2n1. The molecule has 0 spiro atoms. The van der Waals surface area contributed by atoms with Crippen molar-refractivity contribution in [3.8, 4) is 0 Å². The van der Waals surface area contributed by atoms with E-state index in [2.05, 4.69) is 10.3 Å². The molecule has 1 aromatic heterocycles. The molecular formula is C14H16N2O. The Morgan fingerprint density at radius 2 is 2.00 bits per heavy atom. The van der Waals surface area contributed by atoms with Gasteiger partial charge in [0.15, 0.2) is 0 Å². The van der Waals surface area contributed by atoms with E-state index >= 15 is 0 Å². The molecule has 1 N–H and O–H groups in total. The topological polar surface area (TPSA) is 42.0 Å². The Labute approximate surface area is 101 Å². The molecule has 0 atom stereocenters. The number of para-hydroxylation sites is 1. The Kier molecular flexibility index (Phi) is 3.38. The second-order valence-electron chi connectivity index (χ2n) is 4.37. The zero-order valence-electron chi connectivity index (χ0n) is 10.1. The second-order valence-corrected chi connectivity index (χ2v) is 4.37. The van der Waals surface area contributed by atoms with E-state index in [0.717, 1.165) is 16.6 Å². The van der Waals surface area contributed by atoms with Crippen LogP contribution in [0.5, 0.6) is 0 Å². The van der Waals surface area contributed by atoms with Crippen LogP contribution >= 0.6 is 0 Å². The number of hydrogen-bond donors (Lipinski definition) is 1. The third-order valence-electron chi connectivity index (χ3n) is 2.62. The van der Waals surface area contributed by atoms with Crippen molar-refractivity contribution >= 4 is 16.8 Å². The highest BCUT2D eigenvalue weighted by atomic mass is 16.1. The van der Waals surface area contributed by atoms with E-state index in [1.54, 1.807) is 0 Å². The fourth-order valence-corrected chi connectivity index (χ4v) is 1.59. The lowest BCUT2D eigenvalue weighted by atomic mass is 10.2. The van der Waals surface area contributed by atoms with Crippen LogP contribution in [-0.4, -0.2) is 10.9 Å². The van der Waals surface area contributed by atoms with Gasteiger partial charge in [-0.3, -0.25) is 9.78 Å². The fraction of sp³-hybridized carbons (Fsp3) is 0.286. The van der Waals surface area contributed by atoms with Crippen molar-refractivity contribution in [3.63, 3.8) is 0 Å². The van der Waals surface area contributed by atoms with Crippen molar-refractivity contribution < 1.29 is 4.79 Å². The zero-order valence-corrected chi connectivity index (χ0v) is 10.1. The van der Waals surface area contributed by atoms with Crippen molar-refractivity contribution in [3.05, 3.63) is 42.1 Å². The lowest BCUT2D eigenvalue weighted by Gasteiger charge is -2.07. The number of aromatic nitrogens is 1. The molecule has 3 heteroatoms. The third-order valence-corrected chi connectivity index (χ3v) is 2.62. The van der Waals surface area contributed by atoms with Crippen molar-refractivity contribution in [2.45, 2.75) is 20.4 Å². The summed E-state index contributed by atoms with van der Waals surface area (Å²) in [4.78, 5) is 15.9. The van der Waals surface area contributed by atoms with Crippen LogP contribution in [0.1, 0.15) is 19.5 Å². The number of amides is 1. The minimum absolute atomic E-state index is 0.00968. The number of nitrogens with zero attached hydrogens (tertiary/aromatic N) is 1. The van der Waals surface area contributed by atoms with Crippen LogP contribution in [0.25, 0.3) is 10.9 Å². The lowest BCUT2D eigenvalue weighted by molar-refractivity contribution is -0.124. The van der Waals surface area contributed by atoms with Gasteiger partial charge in [0.1, 0.15) is 0 Å². The van der Waals surface area contributed by atoms with Crippen molar-refractivity contribution in [2.75, 3.05) is 0 Å². The van der Waals surface area contributed by atoms with Gasteiger partial charge in [0.25, 0.3) is 0 Å². The molecule has 2 rings (SSSR count). The third kappa shape index (κ3) is 2.81. The van der Waals surface area contributed by atoms with Gasteiger partial charge in [0.2, 0.25) is 5.91 Å². The van der Waals surface area contributed by atoms with Gasteiger partial charge in [0, 0.05) is 11.3 Å². The molecule has 0 bridgehead atoms. The van der Waals surface area contributed by atoms with E-state index in [1.807, 2.05) is 50.2 Å². The molecule has 0 aliphatic carbocycles. The van der Waals surface area contributed by atoms with Crippen LogP contribution in [0, 0.1) is 5.92 Å². The summed E-state index contributed by atoms with van der Waals surface area (Å²) in [6.07, 6.45) is 0. The van der Waals surface area contributed by atoms with Crippen LogP contribution in [0.4, 0.5) is 0 Å². The standard InChI is InChI=1S/C14H16N2O/c1-10(2)14(17)15-9-12-8-7-11-5-3-4-6-13(11)16-12/h3-8,10H,9H2,1-2H3,(H,15,17). The maximum Gasteiger partial charge on any atom is 0.222 e. The lowest BCUT2D eigenvalue weighted by Crippen LogP contribution is -2.27. The molecule has 0 saturated carbocycles. The molecule has 3 nitrogen and oxygen atoms in total. The highest BCUT2D eigenvalue weighted by Crippen LogP contribution is 2.11. The van der Waals surface area contributed by atoms with Crippen molar-refractivity contribution in [1.82, 2.24) is 10.3 Å². The van der Waals surface area contributed by atoms with E-state index in [1.165, 1.54) is 0 Å². The Morgan fingerprint density at radius 1 is 1.24 bits per heavy atom. The van der Waals surface area contributed by atoms with Crippen LogP contribution in [0.15, 0.2) is 36.4 Å². The highest BCUT2D eigenvalue weighted by molar-refractivity contribution is 5.79. The maximum atomic E-state index is 11.4. The van der Waals surface area contributed by atoms with E-state index in [0.29, 0.717) is 6.54 Å². The quantitative estimate of drug-likeness (QED) is 0.877. The Balaban J connectivity index is 2.12. The van der Waals surface area contributed by atoms with Crippen LogP contribution in [0.3, 0.4) is 0 Å². The second kappa shape index (κ2) is 4.95. The summed E-state index contributed by atoms with van der Waals surface area (Å²) in [6.45, 7) is 4.24. The monoisotopic (exact) mass is 228 g/mol. The van der Waals surface area contributed by atoms with E-state index in [9.17, 15) is 4.79 Å². The maximum absolute atomic E-state index is 11.4. The Bertz CT molecular complexity index is 534. The van der Waals surface area contributed by atoms with Crippen LogP contribution < -0.4 is 5.32 Å². The number of nitrogens with one attached hydrogen (secondary N) is 1. The molecule has 1 heterocycles. The number of carbonyl (C=O) groups is 1. The number of fused-ring (bicyclic) bond motifs is 1. The summed E-state index contributed by atoms with van der Waals surface area (Å²) < 4.78 is 0. The van der Waals surface area contributed by atoms with E-state index in [-0.39, 0.29) is 11.8 Å². The predicted octanol–water partition coefficient (Wildman–Crippen LogP) is 2.51. The number of carbonyl (C=O) groups excluding carboxylic acids is 1. The predicted molar refractivity (Wildman–Crippen MR) is 68.4 cm³/mol. The van der Waals surface area contributed by atoms with Gasteiger partial charge in [-0.05, 0) is 12.1 Å². The van der Waals surface area contributed by atoms with Crippen LogP contribution in [0.2, 0.25) is 0 Å². The van der Waals surface area contributed by atoms with Gasteiger partial charge >= 0.3 is 0 Å². The molecule has 1 amide bonds. The minimum atomic E-state index is 0.00968. The van der Waals surface area contributed by atoms with Gasteiger partial charge in [-0.2, -0.15) is 0 Å². The van der Waals surface area contributed by atoms with Gasteiger partial charge < -0.3 is 5.32 Å². The molecule has 17 heavy (non-hydrogen) atoms. The number of benzene rings is 1. The Morgan fingerprint density at radius 3 is 2.76 bits per heavy atom. The van der Waals surface area contributed by atoms with Gasteiger partial charge in [-0.15, -0.1) is 0 Å². The first-order chi connectivity index (χ1) is 8.16. The Hall–Kier alpha value is -1.90. The zero-order chi connectivity index (χ0) is 12.3. The summed E-state index contributed by atoms with van der Waals surface area (Å²) in [5.41, 5.74) is 1.85. The van der Waals surface area contributed by atoms with E-state index < -0.39 is 0 Å². The molecule has 0 unspecified atom stereocenters. The summed E-state index contributed by atoms with van der Waals surface area (Å²) in [5.74, 6) is 0.0652. The average molecular weight is 228 g/mol. The van der Waals surface area contributed by atoms with Gasteiger partial charge in [0.05, 0.1) is 17.8 Å². The molecule has 2 aromatic rings. The first-order valence-electron chi connectivity index (χ1n) is 5.79. The molecule has 0 saturated heterocycles. The molecule has 0 radical (unpaired) electrons. The molecule has 0 aliphatic heterocycles. The van der Waals surface area contributed by atoms with Gasteiger partial charge in [-0.1, -0.05) is 38.1 Å². The van der Waals surface area contributed by atoms with Crippen molar-refractivity contribution in [2.24, 2.45) is 5.92 Å². The molecular weight excluding hydrogens is 212 g/mol. The number of pyridine rings is 1. The van der Waals surface area contributed by atoms with Crippen LogP contribution in [-0.2, 0) is 11.3 Å².